The minimum absolute atomic E-state index is 0.115. The third kappa shape index (κ3) is 3.60. The topological polar surface area (TPSA) is 153 Å². The van der Waals surface area contributed by atoms with Crippen molar-refractivity contribution in [2.45, 2.75) is 23.8 Å². The lowest BCUT2D eigenvalue weighted by Crippen LogP contribution is -2.28. The number of carbonyl (C=O) groups is 1. The highest BCUT2D eigenvalue weighted by Gasteiger charge is 2.25. The molecule has 0 bridgehead atoms. The zero-order chi connectivity index (χ0) is 17.3. The summed E-state index contributed by atoms with van der Waals surface area (Å²) in [5, 5.41) is 5.85. The number of benzene rings is 1. The number of anilines is 3. The van der Waals surface area contributed by atoms with Gasteiger partial charge >= 0.3 is 0 Å². The number of nitrogens with one attached hydrogen (secondary N) is 3. The summed E-state index contributed by atoms with van der Waals surface area (Å²) in [6.07, 6.45) is 1.87. The van der Waals surface area contributed by atoms with Crippen LogP contribution in [0.25, 0.3) is 0 Å². The molecule has 1 aliphatic rings. The first-order valence-electron chi connectivity index (χ1n) is 7.11. The molecular weight excluding hydrogens is 334 g/mol. The SMILES string of the molecule is NC(=O)c1c(NC2CC2)nc(Nc2ccc(S(=O)[O-])cc2)[nH]c1=O. The molecule has 1 aromatic carbocycles. The Hall–Kier alpha value is -2.72. The van der Waals surface area contributed by atoms with Crippen molar-refractivity contribution >= 4 is 34.4 Å². The second-order valence-corrected chi connectivity index (χ2v) is 6.25. The maximum atomic E-state index is 12.1. The van der Waals surface area contributed by atoms with Gasteiger partial charge in [-0.15, -0.1) is 0 Å². The van der Waals surface area contributed by atoms with Gasteiger partial charge in [0.2, 0.25) is 5.95 Å². The first kappa shape index (κ1) is 16.1. The normalized spacial score (nSPS) is 14.9. The fourth-order valence-corrected chi connectivity index (χ4v) is 2.43. The summed E-state index contributed by atoms with van der Waals surface area (Å²) in [7, 11) is 0. The molecule has 1 saturated carbocycles. The highest BCUT2D eigenvalue weighted by Crippen LogP contribution is 2.25. The van der Waals surface area contributed by atoms with Crippen LogP contribution >= 0.6 is 0 Å². The highest BCUT2D eigenvalue weighted by molar-refractivity contribution is 7.79. The molecule has 0 radical (unpaired) electrons. The van der Waals surface area contributed by atoms with E-state index >= 15 is 0 Å². The fourth-order valence-electron chi connectivity index (χ4n) is 2.07. The van der Waals surface area contributed by atoms with Gasteiger partial charge in [0.15, 0.2) is 0 Å². The van der Waals surface area contributed by atoms with Crippen LogP contribution in [0.2, 0.25) is 0 Å². The molecule has 2 aromatic rings. The molecule has 0 saturated heterocycles. The highest BCUT2D eigenvalue weighted by atomic mass is 32.2. The van der Waals surface area contributed by atoms with Crippen LogP contribution in [-0.2, 0) is 11.1 Å². The van der Waals surface area contributed by atoms with Crippen molar-refractivity contribution < 1.29 is 13.6 Å². The number of hydrogen-bond acceptors (Lipinski definition) is 7. The monoisotopic (exact) mass is 348 g/mol. The van der Waals surface area contributed by atoms with E-state index in [1.165, 1.54) is 24.3 Å². The number of amides is 1. The Morgan fingerprint density at radius 1 is 1.33 bits per heavy atom. The van der Waals surface area contributed by atoms with Crippen LogP contribution < -0.4 is 21.9 Å². The molecule has 5 N–H and O–H groups in total. The van der Waals surface area contributed by atoms with E-state index in [0.29, 0.717) is 5.69 Å². The molecule has 3 rings (SSSR count). The van der Waals surface area contributed by atoms with Gasteiger partial charge in [-0.05, 0) is 48.2 Å². The molecule has 1 aliphatic carbocycles. The van der Waals surface area contributed by atoms with Crippen LogP contribution in [0.4, 0.5) is 17.5 Å². The quantitative estimate of drug-likeness (QED) is 0.552. The molecular formula is C14H14N5O4S-. The third-order valence-electron chi connectivity index (χ3n) is 3.39. The summed E-state index contributed by atoms with van der Waals surface area (Å²) in [6, 6.07) is 6.05. The van der Waals surface area contributed by atoms with Crippen molar-refractivity contribution in [1.82, 2.24) is 9.97 Å². The molecule has 24 heavy (non-hydrogen) atoms. The van der Waals surface area contributed by atoms with E-state index in [-0.39, 0.29) is 28.3 Å². The van der Waals surface area contributed by atoms with Gasteiger partial charge in [-0.2, -0.15) is 4.98 Å². The summed E-state index contributed by atoms with van der Waals surface area (Å²) in [4.78, 5) is 30.3. The summed E-state index contributed by atoms with van der Waals surface area (Å²) in [6.45, 7) is 0. The number of aromatic nitrogens is 2. The van der Waals surface area contributed by atoms with Crippen LogP contribution in [0.1, 0.15) is 23.2 Å². The minimum Gasteiger partial charge on any atom is -0.768 e. The maximum Gasteiger partial charge on any atom is 0.267 e. The zero-order valence-corrected chi connectivity index (χ0v) is 13.2. The molecule has 1 heterocycles. The Bertz CT molecular complexity index is 860. The first-order chi connectivity index (χ1) is 11.4. The molecule has 126 valence electrons. The smallest absolute Gasteiger partial charge is 0.267 e. The molecule has 1 aromatic heterocycles. The average molecular weight is 348 g/mol. The number of hydrogen-bond donors (Lipinski definition) is 4. The van der Waals surface area contributed by atoms with E-state index in [4.69, 9.17) is 5.73 Å². The number of primary amides is 1. The summed E-state index contributed by atoms with van der Waals surface area (Å²) >= 11 is -2.31. The van der Waals surface area contributed by atoms with E-state index in [0.717, 1.165) is 12.8 Å². The van der Waals surface area contributed by atoms with Crippen molar-refractivity contribution in [2.75, 3.05) is 10.6 Å². The summed E-state index contributed by atoms with van der Waals surface area (Å²) < 4.78 is 21.7. The molecule has 0 spiro atoms. The van der Waals surface area contributed by atoms with Crippen molar-refractivity contribution in [3.63, 3.8) is 0 Å². The fraction of sp³-hybridized carbons (Fsp3) is 0.214. The van der Waals surface area contributed by atoms with Gasteiger partial charge in [-0.3, -0.25) is 18.8 Å². The third-order valence-corrected chi connectivity index (χ3v) is 4.05. The number of nitrogens with two attached hydrogens (primary N) is 1. The van der Waals surface area contributed by atoms with Crippen molar-refractivity contribution in [3.05, 3.63) is 40.2 Å². The van der Waals surface area contributed by atoms with E-state index in [9.17, 15) is 18.4 Å². The van der Waals surface area contributed by atoms with Gasteiger partial charge in [0.25, 0.3) is 11.5 Å². The Labute approximate surface area is 139 Å². The van der Waals surface area contributed by atoms with Gasteiger partial charge in [-0.25, -0.2) is 0 Å². The second kappa shape index (κ2) is 6.42. The van der Waals surface area contributed by atoms with Gasteiger partial charge in [0.05, 0.1) is 0 Å². The Morgan fingerprint density at radius 3 is 2.54 bits per heavy atom. The summed E-state index contributed by atoms with van der Waals surface area (Å²) in [5.41, 5.74) is 4.90. The van der Waals surface area contributed by atoms with Crippen molar-refractivity contribution in [1.29, 1.82) is 0 Å². The van der Waals surface area contributed by atoms with Crippen LogP contribution in [-0.4, -0.2) is 30.7 Å². The predicted octanol–water partition coefficient (Wildman–Crippen LogP) is 0.425. The number of H-pyrrole nitrogens is 1. The van der Waals surface area contributed by atoms with Crippen molar-refractivity contribution in [3.8, 4) is 0 Å². The van der Waals surface area contributed by atoms with Gasteiger partial charge in [-0.1, -0.05) is 0 Å². The van der Waals surface area contributed by atoms with Gasteiger partial charge in [0, 0.05) is 16.6 Å². The van der Waals surface area contributed by atoms with Gasteiger partial charge in [0.1, 0.15) is 11.4 Å². The molecule has 1 fully saturated rings. The van der Waals surface area contributed by atoms with Crippen LogP contribution in [0.3, 0.4) is 0 Å². The lowest BCUT2D eigenvalue weighted by Gasteiger charge is -2.11. The summed E-state index contributed by atoms with van der Waals surface area (Å²) in [5.74, 6) is -0.613. The Balaban J connectivity index is 1.90. The van der Waals surface area contributed by atoms with E-state index in [1.807, 2.05) is 0 Å². The number of nitrogens with zero attached hydrogens (tertiary/aromatic N) is 1. The number of carbonyl (C=O) groups excluding carboxylic acids is 1. The van der Waals surface area contributed by atoms with Crippen LogP contribution in [0.5, 0.6) is 0 Å². The lowest BCUT2D eigenvalue weighted by atomic mass is 10.3. The molecule has 1 unspecified atom stereocenters. The van der Waals surface area contributed by atoms with E-state index in [1.54, 1.807) is 0 Å². The number of rotatable bonds is 6. The zero-order valence-electron chi connectivity index (χ0n) is 12.4. The van der Waals surface area contributed by atoms with E-state index in [2.05, 4.69) is 20.6 Å². The molecule has 0 aliphatic heterocycles. The van der Waals surface area contributed by atoms with Crippen LogP contribution in [0, 0.1) is 0 Å². The second-order valence-electron chi connectivity index (χ2n) is 5.31. The lowest BCUT2D eigenvalue weighted by molar-refractivity contribution is 0.0999. The Morgan fingerprint density at radius 2 is 2.00 bits per heavy atom. The van der Waals surface area contributed by atoms with Gasteiger partial charge < -0.3 is 20.9 Å². The standard InChI is InChI=1S/C14H15N5O4S/c15-11(20)10-12(16-7-1-2-7)18-14(19-13(10)21)17-8-3-5-9(6-4-8)24(22)23/h3-7H,1-2H2,(H2,15,20)(H,22,23)(H3,16,17,18,19,21)/p-1. The largest absolute Gasteiger partial charge is 0.768 e. The van der Waals surface area contributed by atoms with Crippen LogP contribution in [0.15, 0.2) is 34.0 Å². The first-order valence-corrected chi connectivity index (χ1v) is 8.18. The molecule has 10 heteroatoms. The van der Waals surface area contributed by atoms with Crippen molar-refractivity contribution in [2.24, 2.45) is 5.73 Å². The molecule has 1 amide bonds. The molecule has 9 nitrogen and oxygen atoms in total. The molecule has 1 atom stereocenters. The number of aromatic amines is 1. The Kier molecular flexibility index (Phi) is 4.32. The van der Waals surface area contributed by atoms with E-state index < -0.39 is 22.5 Å². The maximum absolute atomic E-state index is 12.1. The predicted molar refractivity (Wildman–Crippen MR) is 86.9 cm³/mol. The average Bonchev–Trinajstić information content (AvgIpc) is 3.31. The minimum atomic E-state index is -2.31.